The molecule has 30 heavy (non-hydrogen) atoms. The molecule has 3 unspecified atom stereocenters. The lowest BCUT2D eigenvalue weighted by atomic mass is 9.91. The standard InChI is InChI=1S/C22H35N3O5/c1-5-30-20(26)12-17-8-6-7-9-25(17)14-16-13-23-24-21(16)15-10-18(27-2)22(29-4)19(11-15)28-3/h10-11,16-17,21,23-24H,5-9,12-14H2,1-4H3. The van der Waals surface area contributed by atoms with Crippen LogP contribution in [0.5, 0.6) is 17.2 Å². The SMILES string of the molecule is CCOC(=O)CC1CCCCN1CC1CNNC1c1cc(OC)c(OC)c(OC)c1. The first kappa shape index (κ1) is 22.7. The number of methoxy groups -OCH3 is 3. The molecular formula is C22H35N3O5. The van der Waals surface area contributed by atoms with Gasteiger partial charge in [0.25, 0.3) is 0 Å². The quantitative estimate of drug-likeness (QED) is 0.588. The van der Waals surface area contributed by atoms with Gasteiger partial charge in [0.15, 0.2) is 11.5 Å². The summed E-state index contributed by atoms with van der Waals surface area (Å²) in [4.78, 5) is 14.5. The van der Waals surface area contributed by atoms with E-state index in [1.165, 1.54) is 6.42 Å². The number of esters is 1. The molecule has 0 spiro atoms. The van der Waals surface area contributed by atoms with Crippen LogP contribution in [0.4, 0.5) is 0 Å². The van der Waals surface area contributed by atoms with Crippen molar-refractivity contribution in [2.45, 2.75) is 44.7 Å². The van der Waals surface area contributed by atoms with E-state index in [-0.39, 0.29) is 18.1 Å². The molecule has 2 N–H and O–H groups in total. The van der Waals surface area contributed by atoms with Crippen molar-refractivity contribution in [2.75, 3.05) is 47.6 Å². The predicted molar refractivity (Wildman–Crippen MR) is 114 cm³/mol. The molecule has 2 aliphatic rings. The Bertz CT molecular complexity index is 689. The van der Waals surface area contributed by atoms with Crippen LogP contribution in [0.3, 0.4) is 0 Å². The number of ether oxygens (including phenoxy) is 4. The van der Waals surface area contributed by atoms with Gasteiger partial charge in [-0.15, -0.1) is 0 Å². The normalized spacial score (nSPS) is 24.5. The van der Waals surface area contributed by atoms with Crippen molar-refractivity contribution in [3.8, 4) is 17.2 Å². The monoisotopic (exact) mass is 421 g/mol. The van der Waals surface area contributed by atoms with Gasteiger partial charge in [0.05, 0.1) is 40.4 Å². The second kappa shape index (κ2) is 10.8. The van der Waals surface area contributed by atoms with Gasteiger partial charge in [0, 0.05) is 25.0 Å². The second-order valence-electron chi connectivity index (χ2n) is 7.88. The zero-order valence-electron chi connectivity index (χ0n) is 18.5. The minimum absolute atomic E-state index is 0.0988. The largest absolute Gasteiger partial charge is 0.493 e. The summed E-state index contributed by atoms with van der Waals surface area (Å²) >= 11 is 0. The number of piperidine rings is 1. The molecule has 2 aliphatic heterocycles. The maximum absolute atomic E-state index is 12.1. The predicted octanol–water partition coefficient (Wildman–Crippen LogP) is 2.29. The van der Waals surface area contributed by atoms with E-state index in [0.29, 0.717) is 36.2 Å². The van der Waals surface area contributed by atoms with Gasteiger partial charge in [-0.25, -0.2) is 5.43 Å². The van der Waals surface area contributed by atoms with E-state index in [4.69, 9.17) is 18.9 Å². The average molecular weight is 422 g/mol. The maximum Gasteiger partial charge on any atom is 0.307 e. The molecule has 2 heterocycles. The third-order valence-electron chi connectivity index (χ3n) is 6.07. The molecule has 8 nitrogen and oxygen atoms in total. The fourth-order valence-corrected chi connectivity index (χ4v) is 4.59. The molecule has 0 aromatic heterocycles. The molecule has 2 fully saturated rings. The van der Waals surface area contributed by atoms with Crippen molar-refractivity contribution in [1.29, 1.82) is 0 Å². The second-order valence-corrected chi connectivity index (χ2v) is 7.88. The van der Waals surface area contributed by atoms with Crippen LogP contribution in [-0.2, 0) is 9.53 Å². The van der Waals surface area contributed by atoms with Gasteiger partial charge in [-0.05, 0) is 44.0 Å². The van der Waals surface area contributed by atoms with E-state index in [9.17, 15) is 4.79 Å². The van der Waals surface area contributed by atoms with Gasteiger partial charge < -0.3 is 18.9 Å². The van der Waals surface area contributed by atoms with Gasteiger partial charge in [-0.3, -0.25) is 15.1 Å². The summed E-state index contributed by atoms with van der Waals surface area (Å²) in [5.74, 6) is 2.14. The molecule has 3 atom stereocenters. The highest BCUT2D eigenvalue weighted by molar-refractivity contribution is 5.70. The highest BCUT2D eigenvalue weighted by Crippen LogP contribution is 2.41. The number of carbonyl (C=O) groups is 1. The Kier molecular flexibility index (Phi) is 8.18. The third kappa shape index (κ3) is 5.17. The maximum atomic E-state index is 12.1. The minimum atomic E-state index is -0.0988. The summed E-state index contributed by atoms with van der Waals surface area (Å²) in [6.07, 6.45) is 3.84. The van der Waals surface area contributed by atoms with Crippen molar-refractivity contribution in [1.82, 2.24) is 15.8 Å². The number of benzene rings is 1. The van der Waals surface area contributed by atoms with E-state index >= 15 is 0 Å². The zero-order valence-corrected chi connectivity index (χ0v) is 18.5. The molecule has 1 aromatic carbocycles. The number of likely N-dealkylation sites (tertiary alicyclic amines) is 1. The molecule has 0 aliphatic carbocycles. The first-order chi connectivity index (χ1) is 14.6. The van der Waals surface area contributed by atoms with E-state index in [0.717, 1.165) is 38.0 Å². The fraction of sp³-hybridized carbons (Fsp3) is 0.682. The number of carbonyl (C=O) groups excluding carboxylic acids is 1. The highest BCUT2D eigenvalue weighted by Gasteiger charge is 2.34. The Morgan fingerprint density at radius 3 is 2.50 bits per heavy atom. The number of hydrogen-bond acceptors (Lipinski definition) is 8. The van der Waals surface area contributed by atoms with Gasteiger partial charge in [-0.2, -0.15) is 0 Å². The molecule has 0 radical (unpaired) electrons. The molecule has 1 aromatic rings. The lowest BCUT2D eigenvalue weighted by Gasteiger charge is -2.37. The number of nitrogens with zero attached hydrogens (tertiary/aromatic N) is 1. The van der Waals surface area contributed by atoms with Crippen LogP contribution in [0, 0.1) is 5.92 Å². The Balaban J connectivity index is 1.76. The smallest absolute Gasteiger partial charge is 0.307 e. The fourth-order valence-electron chi connectivity index (χ4n) is 4.59. The van der Waals surface area contributed by atoms with Gasteiger partial charge in [-0.1, -0.05) is 6.42 Å². The molecule has 0 saturated carbocycles. The zero-order chi connectivity index (χ0) is 21.5. The highest BCUT2D eigenvalue weighted by atomic mass is 16.5. The van der Waals surface area contributed by atoms with E-state index < -0.39 is 0 Å². The van der Waals surface area contributed by atoms with E-state index in [1.807, 2.05) is 19.1 Å². The van der Waals surface area contributed by atoms with Crippen molar-refractivity contribution in [3.63, 3.8) is 0 Å². The molecule has 8 heteroatoms. The number of rotatable bonds is 9. The summed E-state index contributed by atoms with van der Waals surface area (Å²) in [6, 6.07) is 4.36. The number of nitrogens with one attached hydrogen (secondary N) is 2. The Morgan fingerprint density at radius 1 is 1.13 bits per heavy atom. The van der Waals surface area contributed by atoms with Crippen LogP contribution in [-0.4, -0.2) is 64.5 Å². The Morgan fingerprint density at radius 2 is 1.87 bits per heavy atom. The minimum Gasteiger partial charge on any atom is -0.493 e. The average Bonchev–Trinajstić information content (AvgIpc) is 3.22. The molecule has 168 valence electrons. The van der Waals surface area contributed by atoms with E-state index in [2.05, 4.69) is 15.8 Å². The number of hydrogen-bond donors (Lipinski definition) is 2. The first-order valence-electron chi connectivity index (χ1n) is 10.8. The first-order valence-corrected chi connectivity index (χ1v) is 10.8. The summed E-state index contributed by atoms with van der Waals surface area (Å²) in [5.41, 5.74) is 7.80. The molecule has 0 amide bonds. The van der Waals surface area contributed by atoms with Crippen LogP contribution in [0.2, 0.25) is 0 Å². The molecule has 2 saturated heterocycles. The van der Waals surface area contributed by atoms with Crippen molar-refractivity contribution < 1.29 is 23.7 Å². The molecule has 3 rings (SSSR count). The summed E-state index contributed by atoms with van der Waals surface area (Å²) < 4.78 is 21.7. The van der Waals surface area contributed by atoms with Crippen LogP contribution < -0.4 is 25.1 Å². The topological polar surface area (TPSA) is 81.3 Å². The summed E-state index contributed by atoms with van der Waals surface area (Å²) in [7, 11) is 4.87. The van der Waals surface area contributed by atoms with Crippen molar-refractivity contribution in [3.05, 3.63) is 17.7 Å². The molecular weight excluding hydrogens is 386 g/mol. The van der Waals surface area contributed by atoms with Gasteiger partial charge in [0.1, 0.15) is 0 Å². The van der Waals surface area contributed by atoms with Crippen LogP contribution in [0.15, 0.2) is 12.1 Å². The Hall–Kier alpha value is -2.03. The van der Waals surface area contributed by atoms with Crippen LogP contribution in [0.1, 0.15) is 44.2 Å². The van der Waals surface area contributed by atoms with E-state index in [1.54, 1.807) is 21.3 Å². The summed E-state index contributed by atoms with van der Waals surface area (Å²) in [5, 5.41) is 0. The lowest BCUT2D eigenvalue weighted by molar-refractivity contribution is -0.145. The number of hydrazine groups is 1. The van der Waals surface area contributed by atoms with Gasteiger partial charge in [0.2, 0.25) is 5.75 Å². The Labute approximate surface area is 179 Å². The third-order valence-corrected chi connectivity index (χ3v) is 6.07. The molecule has 0 bridgehead atoms. The van der Waals surface area contributed by atoms with Crippen molar-refractivity contribution in [2.24, 2.45) is 5.92 Å². The van der Waals surface area contributed by atoms with Gasteiger partial charge >= 0.3 is 5.97 Å². The summed E-state index contributed by atoms with van der Waals surface area (Å²) in [6.45, 7) is 5.07. The van der Waals surface area contributed by atoms with Crippen LogP contribution >= 0.6 is 0 Å². The van der Waals surface area contributed by atoms with Crippen LogP contribution in [0.25, 0.3) is 0 Å². The lowest BCUT2D eigenvalue weighted by Crippen LogP contribution is -2.44. The van der Waals surface area contributed by atoms with Crippen molar-refractivity contribution >= 4 is 5.97 Å².